The van der Waals surface area contributed by atoms with Gasteiger partial charge in [-0.2, -0.15) is 0 Å². The first kappa shape index (κ1) is 29.6. The number of benzene rings is 8. The molecule has 0 aliphatic heterocycles. The summed E-state index contributed by atoms with van der Waals surface area (Å²) in [4.78, 5) is 9.93. The van der Waals surface area contributed by atoms with Crippen LogP contribution >= 0.6 is 0 Å². The van der Waals surface area contributed by atoms with Crippen molar-refractivity contribution in [3.8, 4) is 39.5 Å². The van der Waals surface area contributed by atoms with Gasteiger partial charge in [-0.3, -0.25) is 0 Å². The predicted molar refractivity (Wildman–Crippen MR) is 215 cm³/mol. The summed E-state index contributed by atoms with van der Waals surface area (Å²) >= 11 is 0. The lowest BCUT2D eigenvalue weighted by Gasteiger charge is -2.11. The van der Waals surface area contributed by atoms with E-state index in [2.05, 4.69) is 126 Å². The van der Waals surface area contributed by atoms with Crippen molar-refractivity contribution in [2.45, 2.75) is 0 Å². The second kappa shape index (κ2) is 11.5. The molecule has 4 nitrogen and oxygen atoms in total. The number of hydrogen-bond acceptors (Lipinski definition) is 3. The highest BCUT2D eigenvalue weighted by Crippen LogP contribution is 2.39. The molecule has 0 unspecified atom stereocenters. The Kier molecular flexibility index (Phi) is 6.40. The number of fused-ring (bicyclic) bond motifs is 9. The fourth-order valence-corrected chi connectivity index (χ4v) is 7.95. The monoisotopic (exact) mass is 681 g/mol. The molecule has 0 saturated carbocycles. The average Bonchev–Trinajstić information content (AvgIpc) is 3.76. The van der Waals surface area contributed by atoms with Crippen molar-refractivity contribution in [3.05, 3.63) is 176 Å². The topological polar surface area (TPSA) is 43.9 Å². The molecular weight excluding hydrogens is 654 g/mol. The van der Waals surface area contributed by atoms with Gasteiger partial charge in [0.25, 0.3) is 0 Å². The summed E-state index contributed by atoms with van der Waals surface area (Å²) in [5.74, 6) is 0.347. The van der Waals surface area contributed by atoms with E-state index in [1.807, 2.05) is 24.3 Å². The second-order valence-corrected chi connectivity index (χ2v) is 13.5. The van der Waals surface area contributed by atoms with E-state index in [0.29, 0.717) is 5.82 Å². The number of aromatic nitrogens is 3. The molecule has 8 aromatic carbocycles. The van der Waals surface area contributed by atoms with Crippen LogP contribution < -0.4 is 0 Å². The van der Waals surface area contributed by atoms with Crippen molar-refractivity contribution >= 4 is 65.4 Å². The third kappa shape index (κ3) is 4.68. The summed E-state index contributed by atoms with van der Waals surface area (Å²) < 4.78 is 22.4. The lowest BCUT2D eigenvalue weighted by atomic mass is 9.99. The van der Waals surface area contributed by atoms with E-state index in [-0.39, 0.29) is 5.82 Å². The van der Waals surface area contributed by atoms with Gasteiger partial charge in [-0.15, -0.1) is 0 Å². The van der Waals surface area contributed by atoms with Crippen LogP contribution in [-0.4, -0.2) is 14.5 Å². The molecule has 0 atom stereocenters. The lowest BCUT2D eigenvalue weighted by Crippen LogP contribution is -1.97. The van der Waals surface area contributed by atoms with Gasteiger partial charge in [0.15, 0.2) is 5.82 Å². The van der Waals surface area contributed by atoms with Crippen molar-refractivity contribution < 1.29 is 8.81 Å². The molecule has 53 heavy (non-hydrogen) atoms. The Bertz CT molecular complexity index is 3230. The van der Waals surface area contributed by atoms with Gasteiger partial charge in [-0.05, 0) is 113 Å². The first-order chi connectivity index (χ1) is 26.2. The van der Waals surface area contributed by atoms with Crippen LogP contribution in [0.15, 0.2) is 174 Å². The fourth-order valence-electron chi connectivity index (χ4n) is 7.95. The molecule has 248 valence electrons. The van der Waals surface area contributed by atoms with Gasteiger partial charge in [0, 0.05) is 43.7 Å². The third-order valence-electron chi connectivity index (χ3n) is 10.5. The average molecular weight is 682 g/mol. The van der Waals surface area contributed by atoms with Gasteiger partial charge in [-0.25, -0.2) is 14.4 Å². The molecule has 0 fully saturated rings. The standard InChI is InChI=1S/C48H28FN3O/c49-34-20-13-30(14-21-34)47-38-10-3-5-11-41(38)50-48(51-47)31-15-22-35(23-16-31)52-42-12-6-4-9-37(42)39-27-32(17-24-43(39)52)33-19-25-44-40(28-33)46-36-8-2-1-7-29(36)18-26-45(46)53-44/h1-28H. The van der Waals surface area contributed by atoms with Crippen LogP contribution in [-0.2, 0) is 0 Å². The zero-order valence-electron chi connectivity index (χ0n) is 28.3. The van der Waals surface area contributed by atoms with Crippen molar-refractivity contribution in [2.75, 3.05) is 0 Å². The lowest BCUT2D eigenvalue weighted by molar-refractivity contribution is 0.628. The van der Waals surface area contributed by atoms with Gasteiger partial charge >= 0.3 is 0 Å². The van der Waals surface area contributed by atoms with Gasteiger partial charge in [-0.1, -0.05) is 78.9 Å². The van der Waals surface area contributed by atoms with E-state index < -0.39 is 0 Å². The molecule has 0 bridgehead atoms. The Balaban J connectivity index is 1.02. The Hall–Kier alpha value is -7.11. The molecular formula is C48H28FN3O. The molecule has 3 aromatic heterocycles. The van der Waals surface area contributed by atoms with E-state index in [9.17, 15) is 4.39 Å². The molecule has 3 heterocycles. The van der Waals surface area contributed by atoms with Gasteiger partial charge in [0.2, 0.25) is 0 Å². The second-order valence-electron chi connectivity index (χ2n) is 13.5. The molecule has 0 spiro atoms. The highest BCUT2D eigenvalue weighted by Gasteiger charge is 2.17. The number of rotatable bonds is 4. The quantitative estimate of drug-likeness (QED) is 0.186. The van der Waals surface area contributed by atoms with Crippen molar-refractivity contribution in [1.29, 1.82) is 0 Å². The zero-order chi connectivity index (χ0) is 35.0. The summed E-state index contributed by atoms with van der Waals surface area (Å²) in [5, 5.41) is 7.98. The van der Waals surface area contributed by atoms with Crippen molar-refractivity contribution in [2.24, 2.45) is 0 Å². The maximum absolute atomic E-state index is 13.8. The van der Waals surface area contributed by atoms with E-state index in [1.165, 1.54) is 33.7 Å². The molecule has 5 heteroatoms. The SMILES string of the molecule is Fc1ccc(-c2nc(-c3ccc(-n4c5ccccc5c5cc(-c6ccc7oc8ccc9ccccc9c8c7c6)ccc54)cc3)nc3ccccc23)cc1. The summed E-state index contributed by atoms with van der Waals surface area (Å²) in [6, 6.07) is 57.4. The van der Waals surface area contributed by atoms with Gasteiger partial charge in [0.1, 0.15) is 17.0 Å². The van der Waals surface area contributed by atoms with E-state index in [0.717, 1.165) is 77.5 Å². The van der Waals surface area contributed by atoms with Crippen LogP contribution in [0.1, 0.15) is 0 Å². The van der Waals surface area contributed by atoms with Crippen LogP contribution in [0, 0.1) is 5.82 Å². The van der Waals surface area contributed by atoms with Crippen LogP contribution in [0.5, 0.6) is 0 Å². The largest absolute Gasteiger partial charge is 0.456 e. The maximum atomic E-state index is 13.8. The Labute approximate surface area is 303 Å². The Morgan fingerprint density at radius 3 is 1.94 bits per heavy atom. The molecule has 0 aliphatic rings. The van der Waals surface area contributed by atoms with Crippen LogP contribution in [0.2, 0.25) is 0 Å². The summed E-state index contributed by atoms with van der Waals surface area (Å²) in [5.41, 5.74) is 10.8. The number of furan rings is 1. The number of nitrogens with zero attached hydrogens (tertiary/aromatic N) is 3. The number of halogens is 1. The minimum atomic E-state index is -0.275. The van der Waals surface area contributed by atoms with Gasteiger partial charge < -0.3 is 8.98 Å². The minimum Gasteiger partial charge on any atom is -0.456 e. The van der Waals surface area contributed by atoms with Crippen molar-refractivity contribution in [3.63, 3.8) is 0 Å². The molecule has 11 aromatic rings. The smallest absolute Gasteiger partial charge is 0.160 e. The fraction of sp³-hybridized carbons (Fsp3) is 0. The summed E-state index contributed by atoms with van der Waals surface area (Å²) in [6.07, 6.45) is 0. The van der Waals surface area contributed by atoms with E-state index in [1.54, 1.807) is 12.1 Å². The minimum absolute atomic E-state index is 0.275. The van der Waals surface area contributed by atoms with Crippen LogP contribution in [0.4, 0.5) is 4.39 Å². The maximum Gasteiger partial charge on any atom is 0.160 e. The highest BCUT2D eigenvalue weighted by molar-refractivity contribution is 6.19. The first-order valence-electron chi connectivity index (χ1n) is 17.7. The molecule has 0 radical (unpaired) electrons. The highest BCUT2D eigenvalue weighted by atomic mass is 19.1. The van der Waals surface area contributed by atoms with E-state index >= 15 is 0 Å². The molecule has 0 saturated heterocycles. The molecule has 0 aliphatic carbocycles. The molecule has 11 rings (SSSR count). The Morgan fingerprint density at radius 2 is 1.09 bits per heavy atom. The Morgan fingerprint density at radius 1 is 0.453 bits per heavy atom. The number of para-hydroxylation sites is 2. The van der Waals surface area contributed by atoms with Crippen LogP contribution in [0.3, 0.4) is 0 Å². The normalized spacial score (nSPS) is 11.9. The molecule has 0 N–H and O–H groups in total. The van der Waals surface area contributed by atoms with Crippen LogP contribution in [0.25, 0.3) is 105 Å². The predicted octanol–water partition coefficient (Wildman–Crippen LogP) is 12.9. The van der Waals surface area contributed by atoms with Crippen molar-refractivity contribution in [1.82, 2.24) is 14.5 Å². The van der Waals surface area contributed by atoms with Gasteiger partial charge in [0.05, 0.1) is 22.2 Å². The zero-order valence-corrected chi connectivity index (χ0v) is 28.3. The first-order valence-corrected chi connectivity index (χ1v) is 17.7. The summed E-state index contributed by atoms with van der Waals surface area (Å²) in [6.45, 7) is 0. The molecule has 0 amide bonds. The van der Waals surface area contributed by atoms with E-state index in [4.69, 9.17) is 14.4 Å². The summed E-state index contributed by atoms with van der Waals surface area (Å²) in [7, 11) is 0. The number of hydrogen-bond donors (Lipinski definition) is 0. The third-order valence-corrected chi connectivity index (χ3v) is 10.5.